The van der Waals surface area contributed by atoms with Crippen molar-refractivity contribution in [2.24, 2.45) is 0 Å². The van der Waals surface area contributed by atoms with Crippen molar-refractivity contribution in [3.8, 4) is 11.4 Å². The molecular weight excluding hydrogens is 392 g/mol. The third-order valence-corrected chi connectivity index (χ3v) is 4.89. The SMILES string of the molecule is Clc1cncc(-c2nn(CC3CCCCO3)c3ccc(Br)cc23)n1. The maximum Gasteiger partial charge on any atom is 0.148 e. The molecule has 1 saturated heterocycles. The zero-order chi connectivity index (χ0) is 16.5. The zero-order valence-electron chi connectivity index (χ0n) is 13.0. The lowest BCUT2D eigenvalue weighted by Crippen LogP contribution is -2.24. The van der Waals surface area contributed by atoms with E-state index in [0.29, 0.717) is 10.8 Å². The molecule has 1 aliphatic heterocycles. The number of fused-ring (bicyclic) bond motifs is 1. The predicted octanol–water partition coefficient (Wildman–Crippen LogP) is 4.48. The lowest BCUT2D eigenvalue weighted by Gasteiger charge is -2.22. The van der Waals surface area contributed by atoms with Gasteiger partial charge in [0.2, 0.25) is 0 Å². The van der Waals surface area contributed by atoms with Crippen molar-refractivity contribution in [1.82, 2.24) is 19.7 Å². The average Bonchev–Trinajstić information content (AvgIpc) is 2.93. The van der Waals surface area contributed by atoms with E-state index in [0.717, 1.165) is 47.1 Å². The number of hydrogen-bond donors (Lipinski definition) is 0. The van der Waals surface area contributed by atoms with Crippen molar-refractivity contribution in [2.45, 2.75) is 31.9 Å². The Morgan fingerprint density at radius 3 is 3.00 bits per heavy atom. The second kappa shape index (κ2) is 6.78. The van der Waals surface area contributed by atoms with Gasteiger partial charge in [-0.15, -0.1) is 0 Å². The number of rotatable bonds is 3. The van der Waals surface area contributed by atoms with Crippen LogP contribution >= 0.6 is 27.5 Å². The first kappa shape index (κ1) is 16.0. The summed E-state index contributed by atoms with van der Waals surface area (Å²) in [6.45, 7) is 1.58. The number of halogens is 2. The Hall–Kier alpha value is -1.50. The van der Waals surface area contributed by atoms with E-state index in [1.165, 1.54) is 12.6 Å². The summed E-state index contributed by atoms with van der Waals surface area (Å²) in [5.74, 6) is 0. The first-order chi connectivity index (χ1) is 11.7. The van der Waals surface area contributed by atoms with Crippen molar-refractivity contribution in [3.05, 3.63) is 40.2 Å². The van der Waals surface area contributed by atoms with Crippen molar-refractivity contribution in [1.29, 1.82) is 0 Å². The van der Waals surface area contributed by atoms with Gasteiger partial charge in [-0.2, -0.15) is 5.10 Å². The van der Waals surface area contributed by atoms with Crippen LogP contribution in [0.25, 0.3) is 22.3 Å². The molecule has 7 heteroatoms. The molecule has 0 N–H and O–H groups in total. The van der Waals surface area contributed by atoms with E-state index in [4.69, 9.17) is 21.4 Å². The summed E-state index contributed by atoms with van der Waals surface area (Å²) in [5.41, 5.74) is 2.52. The van der Waals surface area contributed by atoms with Crippen LogP contribution in [0.5, 0.6) is 0 Å². The van der Waals surface area contributed by atoms with Gasteiger partial charge in [0, 0.05) is 16.5 Å². The summed E-state index contributed by atoms with van der Waals surface area (Å²) in [6.07, 6.45) is 6.86. The van der Waals surface area contributed by atoms with Gasteiger partial charge in [0.25, 0.3) is 0 Å². The van der Waals surface area contributed by atoms with E-state index >= 15 is 0 Å². The molecule has 1 aliphatic rings. The summed E-state index contributed by atoms with van der Waals surface area (Å²) in [7, 11) is 0. The summed E-state index contributed by atoms with van der Waals surface area (Å²) < 4.78 is 8.88. The van der Waals surface area contributed by atoms with Gasteiger partial charge in [-0.25, -0.2) is 4.98 Å². The fourth-order valence-electron chi connectivity index (χ4n) is 3.08. The smallest absolute Gasteiger partial charge is 0.148 e. The van der Waals surface area contributed by atoms with E-state index in [-0.39, 0.29) is 6.10 Å². The van der Waals surface area contributed by atoms with Crippen LogP contribution in [-0.4, -0.2) is 32.5 Å². The normalized spacial score (nSPS) is 18.2. The Bertz CT molecular complexity index is 876. The Kier molecular flexibility index (Phi) is 4.52. The molecule has 0 radical (unpaired) electrons. The van der Waals surface area contributed by atoms with E-state index in [2.05, 4.69) is 38.0 Å². The van der Waals surface area contributed by atoms with E-state index in [9.17, 15) is 0 Å². The van der Waals surface area contributed by atoms with Crippen molar-refractivity contribution in [3.63, 3.8) is 0 Å². The van der Waals surface area contributed by atoms with Gasteiger partial charge in [-0.05, 0) is 37.5 Å². The zero-order valence-corrected chi connectivity index (χ0v) is 15.3. The molecule has 2 aromatic heterocycles. The van der Waals surface area contributed by atoms with Gasteiger partial charge in [0.05, 0.1) is 30.6 Å². The Morgan fingerprint density at radius 2 is 2.21 bits per heavy atom. The molecule has 0 aliphatic carbocycles. The van der Waals surface area contributed by atoms with Gasteiger partial charge in [-0.3, -0.25) is 9.67 Å². The van der Waals surface area contributed by atoms with Crippen LogP contribution in [0.1, 0.15) is 19.3 Å². The van der Waals surface area contributed by atoms with E-state index in [1.54, 1.807) is 6.20 Å². The molecule has 1 fully saturated rings. The lowest BCUT2D eigenvalue weighted by atomic mass is 10.1. The molecule has 1 unspecified atom stereocenters. The van der Waals surface area contributed by atoms with Crippen LogP contribution in [-0.2, 0) is 11.3 Å². The average molecular weight is 408 g/mol. The minimum absolute atomic E-state index is 0.212. The molecule has 5 nitrogen and oxygen atoms in total. The molecule has 3 heterocycles. The first-order valence-electron chi connectivity index (χ1n) is 7.96. The lowest BCUT2D eigenvalue weighted by molar-refractivity contribution is 0.00478. The van der Waals surface area contributed by atoms with Crippen LogP contribution in [0.15, 0.2) is 35.1 Å². The molecule has 1 aromatic carbocycles. The van der Waals surface area contributed by atoms with Crippen LogP contribution in [0.4, 0.5) is 0 Å². The van der Waals surface area contributed by atoms with Crippen LogP contribution in [0, 0.1) is 0 Å². The van der Waals surface area contributed by atoms with E-state index in [1.807, 2.05) is 10.7 Å². The maximum absolute atomic E-state index is 6.00. The van der Waals surface area contributed by atoms with Crippen LogP contribution < -0.4 is 0 Å². The highest BCUT2D eigenvalue weighted by Gasteiger charge is 2.19. The Balaban J connectivity index is 1.80. The topological polar surface area (TPSA) is 52.8 Å². The third kappa shape index (κ3) is 3.18. The summed E-state index contributed by atoms with van der Waals surface area (Å²) >= 11 is 9.54. The van der Waals surface area contributed by atoms with Gasteiger partial charge in [0.15, 0.2) is 0 Å². The highest BCUT2D eigenvalue weighted by Crippen LogP contribution is 2.30. The van der Waals surface area contributed by atoms with Crippen molar-refractivity contribution < 1.29 is 4.74 Å². The molecular formula is C17H16BrClN4O. The van der Waals surface area contributed by atoms with Gasteiger partial charge < -0.3 is 4.74 Å². The second-order valence-electron chi connectivity index (χ2n) is 5.91. The predicted molar refractivity (Wildman–Crippen MR) is 97.1 cm³/mol. The standard InChI is InChI=1S/C17H16BrClN4O/c18-11-4-5-15-13(7-11)17(14-8-20-9-16(19)21-14)22-23(15)10-12-3-1-2-6-24-12/h4-5,7-9,12H,1-3,6,10H2. The quantitative estimate of drug-likeness (QED) is 0.642. The van der Waals surface area contributed by atoms with Gasteiger partial charge in [0.1, 0.15) is 16.5 Å². The molecule has 4 rings (SSSR count). The first-order valence-corrected chi connectivity index (χ1v) is 9.13. The molecule has 3 aromatic rings. The maximum atomic E-state index is 6.00. The molecule has 0 saturated carbocycles. The Morgan fingerprint density at radius 1 is 1.29 bits per heavy atom. The summed E-state index contributed by atoms with van der Waals surface area (Å²) in [4.78, 5) is 8.50. The third-order valence-electron chi connectivity index (χ3n) is 4.21. The molecule has 124 valence electrons. The number of hydrogen-bond acceptors (Lipinski definition) is 4. The monoisotopic (exact) mass is 406 g/mol. The number of ether oxygens (including phenoxy) is 1. The molecule has 0 spiro atoms. The summed E-state index contributed by atoms with van der Waals surface area (Å²) in [6, 6.07) is 6.14. The van der Waals surface area contributed by atoms with E-state index < -0.39 is 0 Å². The largest absolute Gasteiger partial charge is 0.376 e. The molecule has 0 bridgehead atoms. The second-order valence-corrected chi connectivity index (χ2v) is 7.21. The highest BCUT2D eigenvalue weighted by atomic mass is 79.9. The van der Waals surface area contributed by atoms with Gasteiger partial charge >= 0.3 is 0 Å². The summed E-state index contributed by atoms with van der Waals surface area (Å²) in [5, 5.41) is 6.18. The van der Waals surface area contributed by atoms with Crippen molar-refractivity contribution >= 4 is 38.4 Å². The van der Waals surface area contributed by atoms with Crippen molar-refractivity contribution in [2.75, 3.05) is 6.61 Å². The highest BCUT2D eigenvalue weighted by molar-refractivity contribution is 9.10. The number of aromatic nitrogens is 4. The van der Waals surface area contributed by atoms with Gasteiger partial charge in [-0.1, -0.05) is 27.5 Å². The fourth-order valence-corrected chi connectivity index (χ4v) is 3.59. The fraction of sp³-hybridized carbons (Fsp3) is 0.353. The number of benzene rings is 1. The Labute approximate surface area is 153 Å². The molecule has 1 atom stereocenters. The van der Waals surface area contributed by atoms with Crippen LogP contribution in [0.3, 0.4) is 0 Å². The number of nitrogens with zero attached hydrogens (tertiary/aromatic N) is 4. The minimum atomic E-state index is 0.212. The molecule has 0 amide bonds. The van der Waals surface area contributed by atoms with Crippen LogP contribution in [0.2, 0.25) is 5.15 Å². The molecule has 24 heavy (non-hydrogen) atoms. The minimum Gasteiger partial charge on any atom is -0.376 e.